The van der Waals surface area contributed by atoms with Gasteiger partial charge in [0.2, 0.25) is 0 Å². The second-order valence-electron chi connectivity index (χ2n) is 6.27. The molecule has 1 aliphatic heterocycles. The highest BCUT2D eigenvalue weighted by Crippen LogP contribution is 2.44. The van der Waals surface area contributed by atoms with Gasteiger partial charge in [-0.25, -0.2) is 0 Å². The van der Waals surface area contributed by atoms with Gasteiger partial charge in [-0.05, 0) is 47.6 Å². The number of methoxy groups -OCH3 is 1. The van der Waals surface area contributed by atoms with Crippen LogP contribution in [0.25, 0.3) is 0 Å². The average molecular weight is 243 g/mol. The Morgan fingerprint density at radius 1 is 1.35 bits per heavy atom. The van der Waals surface area contributed by atoms with E-state index in [1.54, 1.807) is 7.11 Å². The highest BCUT2D eigenvalue weighted by Gasteiger charge is 2.50. The zero-order chi connectivity index (χ0) is 13.3. The monoisotopic (exact) mass is 243 g/mol. The molecule has 3 nitrogen and oxygen atoms in total. The van der Waals surface area contributed by atoms with E-state index in [0.29, 0.717) is 12.0 Å². The summed E-state index contributed by atoms with van der Waals surface area (Å²) in [6.45, 7) is 10.9. The van der Waals surface area contributed by atoms with Crippen molar-refractivity contribution in [3.05, 3.63) is 0 Å². The number of hydrogen-bond donors (Lipinski definition) is 1. The third kappa shape index (κ3) is 3.21. The molecular weight excluding hydrogens is 214 g/mol. The Morgan fingerprint density at radius 2 is 1.94 bits per heavy atom. The summed E-state index contributed by atoms with van der Waals surface area (Å²) in [5.74, 6) is 0.479. The number of rotatable bonds is 5. The van der Waals surface area contributed by atoms with Crippen LogP contribution < -0.4 is 5.32 Å². The van der Waals surface area contributed by atoms with Gasteiger partial charge < -0.3 is 14.8 Å². The van der Waals surface area contributed by atoms with Crippen LogP contribution in [0.15, 0.2) is 0 Å². The van der Waals surface area contributed by atoms with Crippen LogP contribution in [0, 0.1) is 5.92 Å². The molecule has 0 amide bonds. The zero-order valence-electron chi connectivity index (χ0n) is 12.5. The molecule has 1 heterocycles. The lowest BCUT2D eigenvalue weighted by Crippen LogP contribution is -2.50. The van der Waals surface area contributed by atoms with Crippen molar-refractivity contribution in [3.8, 4) is 0 Å². The fraction of sp³-hybridized carbons (Fsp3) is 1.00. The molecule has 1 aliphatic rings. The predicted octanol–water partition coefficient (Wildman–Crippen LogP) is 2.59. The third-order valence-electron chi connectivity index (χ3n) is 4.02. The standard InChI is InChI=1S/C14H29NO2/c1-8-11(16-7)12(15-6)10-9-13(2,3)17-14(10,4)5/h10-12,15H,8-9H2,1-7H3. The van der Waals surface area contributed by atoms with Crippen LogP contribution >= 0.6 is 0 Å². The minimum absolute atomic E-state index is 0.0324. The number of hydrogen-bond acceptors (Lipinski definition) is 3. The van der Waals surface area contributed by atoms with Crippen LogP contribution in [0.1, 0.15) is 47.5 Å². The Balaban J connectivity index is 2.89. The van der Waals surface area contributed by atoms with Gasteiger partial charge in [-0.3, -0.25) is 0 Å². The van der Waals surface area contributed by atoms with Crippen molar-refractivity contribution >= 4 is 0 Å². The van der Waals surface area contributed by atoms with E-state index in [0.717, 1.165) is 12.8 Å². The first kappa shape index (κ1) is 14.9. The first-order valence-electron chi connectivity index (χ1n) is 6.67. The van der Waals surface area contributed by atoms with Crippen molar-refractivity contribution in [1.82, 2.24) is 5.32 Å². The quantitative estimate of drug-likeness (QED) is 0.805. The lowest BCUT2D eigenvalue weighted by Gasteiger charge is -2.36. The van der Waals surface area contributed by atoms with Gasteiger partial charge in [-0.2, -0.15) is 0 Å². The Labute approximate surface area is 106 Å². The summed E-state index contributed by atoms with van der Waals surface area (Å²) in [7, 11) is 3.82. The van der Waals surface area contributed by atoms with Crippen LogP contribution in [-0.2, 0) is 9.47 Å². The molecule has 0 spiro atoms. The molecule has 0 aromatic rings. The van der Waals surface area contributed by atoms with Crippen molar-refractivity contribution in [3.63, 3.8) is 0 Å². The predicted molar refractivity (Wildman–Crippen MR) is 71.3 cm³/mol. The fourth-order valence-electron chi connectivity index (χ4n) is 3.38. The molecule has 3 unspecified atom stereocenters. The third-order valence-corrected chi connectivity index (χ3v) is 4.02. The van der Waals surface area contributed by atoms with Crippen LogP contribution in [0.3, 0.4) is 0 Å². The summed E-state index contributed by atoms with van der Waals surface area (Å²) >= 11 is 0. The maximum Gasteiger partial charge on any atom is 0.0725 e. The van der Waals surface area contributed by atoms with E-state index >= 15 is 0 Å². The van der Waals surface area contributed by atoms with Gasteiger partial charge >= 0.3 is 0 Å². The second kappa shape index (κ2) is 5.25. The minimum Gasteiger partial charge on any atom is -0.380 e. The van der Waals surface area contributed by atoms with E-state index in [4.69, 9.17) is 9.47 Å². The van der Waals surface area contributed by atoms with E-state index in [9.17, 15) is 0 Å². The molecule has 1 fully saturated rings. The van der Waals surface area contributed by atoms with Crippen LogP contribution in [0.4, 0.5) is 0 Å². The lowest BCUT2D eigenvalue weighted by atomic mass is 9.79. The summed E-state index contributed by atoms with van der Waals surface area (Å²) in [4.78, 5) is 0. The SMILES string of the molecule is CCC(OC)C(NC)C1CC(C)(C)OC1(C)C. The van der Waals surface area contributed by atoms with Crippen molar-refractivity contribution in [2.24, 2.45) is 5.92 Å². The van der Waals surface area contributed by atoms with Crippen LogP contribution in [-0.4, -0.2) is 37.5 Å². The highest BCUT2D eigenvalue weighted by molar-refractivity contribution is 5.01. The molecule has 1 N–H and O–H groups in total. The topological polar surface area (TPSA) is 30.5 Å². The van der Waals surface area contributed by atoms with E-state index in [1.807, 2.05) is 7.05 Å². The van der Waals surface area contributed by atoms with Gasteiger partial charge in [0.25, 0.3) is 0 Å². The fourth-order valence-corrected chi connectivity index (χ4v) is 3.38. The zero-order valence-corrected chi connectivity index (χ0v) is 12.5. The van der Waals surface area contributed by atoms with E-state index in [1.165, 1.54) is 0 Å². The van der Waals surface area contributed by atoms with Crippen molar-refractivity contribution in [1.29, 1.82) is 0 Å². The maximum absolute atomic E-state index is 6.18. The Bertz CT molecular complexity index is 247. The van der Waals surface area contributed by atoms with Gasteiger partial charge in [0, 0.05) is 19.1 Å². The largest absolute Gasteiger partial charge is 0.380 e. The molecule has 0 aromatic carbocycles. The normalized spacial score (nSPS) is 30.2. The maximum atomic E-state index is 6.18. The molecule has 0 radical (unpaired) electrons. The summed E-state index contributed by atoms with van der Waals surface area (Å²) in [5.41, 5.74) is -0.127. The smallest absolute Gasteiger partial charge is 0.0725 e. The molecule has 102 valence electrons. The Hall–Kier alpha value is -0.120. The molecule has 1 rings (SSSR count). The van der Waals surface area contributed by atoms with Gasteiger partial charge in [-0.15, -0.1) is 0 Å². The number of ether oxygens (including phenoxy) is 2. The summed E-state index contributed by atoms with van der Waals surface area (Å²) < 4.78 is 11.8. The minimum atomic E-state index is -0.0941. The van der Waals surface area contributed by atoms with E-state index in [-0.39, 0.29) is 17.3 Å². The highest BCUT2D eigenvalue weighted by atomic mass is 16.5. The molecule has 3 heteroatoms. The molecule has 0 saturated carbocycles. The summed E-state index contributed by atoms with van der Waals surface area (Å²) in [6.07, 6.45) is 2.35. The Kier molecular flexibility index (Phi) is 4.61. The van der Waals surface area contributed by atoms with Gasteiger partial charge in [-0.1, -0.05) is 6.92 Å². The molecule has 17 heavy (non-hydrogen) atoms. The molecule has 0 aromatic heterocycles. The molecule has 0 bridgehead atoms. The van der Waals surface area contributed by atoms with Gasteiger partial charge in [0.1, 0.15) is 0 Å². The van der Waals surface area contributed by atoms with Gasteiger partial charge in [0.15, 0.2) is 0 Å². The second-order valence-corrected chi connectivity index (χ2v) is 6.27. The van der Waals surface area contributed by atoms with Crippen molar-refractivity contribution in [2.75, 3.05) is 14.2 Å². The van der Waals surface area contributed by atoms with Gasteiger partial charge in [0.05, 0.1) is 17.3 Å². The van der Waals surface area contributed by atoms with Crippen molar-refractivity contribution < 1.29 is 9.47 Å². The van der Waals surface area contributed by atoms with Crippen LogP contribution in [0.2, 0.25) is 0 Å². The van der Waals surface area contributed by atoms with E-state index in [2.05, 4.69) is 39.9 Å². The summed E-state index contributed by atoms with van der Waals surface area (Å²) in [6, 6.07) is 0.349. The first-order chi connectivity index (χ1) is 7.77. The lowest BCUT2D eigenvalue weighted by molar-refractivity contribution is -0.0839. The van der Waals surface area contributed by atoms with Crippen LogP contribution in [0.5, 0.6) is 0 Å². The molecule has 3 atom stereocenters. The molecular formula is C14H29NO2. The Morgan fingerprint density at radius 3 is 2.24 bits per heavy atom. The van der Waals surface area contributed by atoms with Crippen molar-refractivity contribution in [2.45, 2.75) is 70.8 Å². The molecule has 1 saturated heterocycles. The number of nitrogens with one attached hydrogen (secondary N) is 1. The van der Waals surface area contributed by atoms with E-state index < -0.39 is 0 Å². The average Bonchev–Trinajstić information content (AvgIpc) is 2.43. The first-order valence-corrected chi connectivity index (χ1v) is 6.67. The number of likely N-dealkylation sites (N-methyl/N-ethyl adjacent to an activating group) is 1. The summed E-state index contributed by atoms with van der Waals surface area (Å²) in [5, 5.41) is 3.43. The molecule has 0 aliphatic carbocycles.